The molecule has 2 rings (SSSR count). The lowest BCUT2D eigenvalue weighted by atomic mass is 10.0. The van der Waals surface area contributed by atoms with Crippen molar-refractivity contribution in [3.63, 3.8) is 0 Å². The number of amides is 3. The lowest BCUT2D eigenvalue weighted by Gasteiger charge is -2.26. The number of methoxy groups -OCH3 is 1. The average molecular weight is 588 g/mol. The van der Waals surface area contributed by atoms with Gasteiger partial charge in [-0.25, -0.2) is 18.0 Å². The zero-order valence-corrected chi connectivity index (χ0v) is 23.9. The number of halogens is 4. The Morgan fingerprint density at radius 2 is 1.69 bits per heavy atom. The summed E-state index contributed by atoms with van der Waals surface area (Å²) in [6.07, 6.45) is 1.06. The summed E-state index contributed by atoms with van der Waals surface area (Å²) >= 11 is 7.81. The molecule has 0 aliphatic heterocycles. The van der Waals surface area contributed by atoms with Crippen molar-refractivity contribution in [2.24, 2.45) is 11.8 Å². The number of thioether (sulfide) groups is 1. The van der Waals surface area contributed by atoms with E-state index in [1.54, 1.807) is 19.9 Å². The number of rotatable bonds is 12. The lowest BCUT2D eigenvalue weighted by molar-refractivity contribution is -0.124. The van der Waals surface area contributed by atoms with E-state index in [-0.39, 0.29) is 40.8 Å². The molecule has 3 N–H and O–H groups in total. The van der Waals surface area contributed by atoms with Gasteiger partial charge in [-0.2, -0.15) is 0 Å². The second-order valence-electron chi connectivity index (χ2n) is 9.38. The van der Waals surface area contributed by atoms with Crippen molar-refractivity contribution < 1.29 is 32.3 Å². The highest BCUT2D eigenvalue weighted by atomic mass is 35.5. The van der Waals surface area contributed by atoms with Crippen molar-refractivity contribution in [3.8, 4) is 0 Å². The van der Waals surface area contributed by atoms with E-state index in [4.69, 9.17) is 11.6 Å². The van der Waals surface area contributed by atoms with E-state index in [0.717, 1.165) is 12.8 Å². The summed E-state index contributed by atoms with van der Waals surface area (Å²) in [5, 5.41) is 8.03. The summed E-state index contributed by atoms with van der Waals surface area (Å²) < 4.78 is 45.0. The predicted octanol–water partition coefficient (Wildman–Crippen LogP) is 6.40. The van der Waals surface area contributed by atoms with Crippen LogP contribution in [-0.4, -0.2) is 42.9 Å². The van der Waals surface area contributed by atoms with E-state index >= 15 is 0 Å². The number of ether oxygens (including phenoxy) is 1. The Kier molecular flexibility index (Phi) is 12.4. The summed E-state index contributed by atoms with van der Waals surface area (Å²) in [4.78, 5) is 37.9. The molecule has 0 saturated carbocycles. The average Bonchev–Trinajstić information content (AvgIpc) is 2.88. The van der Waals surface area contributed by atoms with Crippen molar-refractivity contribution in [1.29, 1.82) is 0 Å². The highest BCUT2D eigenvalue weighted by Gasteiger charge is 2.27. The molecule has 2 aromatic rings. The minimum Gasteiger partial charge on any atom is -0.453 e. The van der Waals surface area contributed by atoms with Crippen molar-refractivity contribution >= 4 is 47.0 Å². The zero-order chi connectivity index (χ0) is 29.3. The third-order valence-electron chi connectivity index (χ3n) is 5.98. The van der Waals surface area contributed by atoms with Crippen LogP contribution in [0.15, 0.2) is 35.2 Å². The molecule has 0 radical (unpaired) electrons. The van der Waals surface area contributed by atoms with Crippen LogP contribution in [0.5, 0.6) is 0 Å². The molecule has 0 aromatic heterocycles. The Morgan fingerprint density at radius 3 is 2.26 bits per heavy atom. The molecule has 12 heteroatoms. The number of nitrogens with one attached hydrogen (secondary N) is 3. The Labute approximate surface area is 235 Å². The van der Waals surface area contributed by atoms with Crippen LogP contribution < -0.4 is 16.0 Å². The topological polar surface area (TPSA) is 96.5 Å². The fraction of sp³-hybridized carbons (Fsp3) is 0.444. The second kappa shape index (κ2) is 15.0. The number of carbonyl (C=O) groups excluding carboxylic acids is 3. The van der Waals surface area contributed by atoms with Gasteiger partial charge in [-0.1, -0.05) is 45.7 Å². The lowest BCUT2D eigenvalue weighted by Crippen LogP contribution is -2.51. The molecule has 0 aliphatic carbocycles. The van der Waals surface area contributed by atoms with Crippen LogP contribution >= 0.6 is 23.4 Å². The summed E-state index contributed by atoms with van der Waals surface area (Å²) in [5.41, 5.74) is -0.0712. The minimum absolute atomic E-state index is 0.143. The van der Waals surface area contributed by atoms with E-state index in [9.17, 15) is 27.6 Å². The van der Waals surface area contributed by atoms with E-state index in [0.29, 0.717) is 22.1 Å². The van der Waals surface area contributed by atoms with Gasteiger partial charge in [0.05, 0.1) is 12.1 Å². The van der Waals surface area contributed by atoms with Gasteiger partial charge >= 0.3 is 6.09 Å². The minimum atomic E-state index is -1.63. The Bertz CT molecular complexity index is 1160. The SMILES string of the molecule is CCCC(C)C(CNC(=O)C(NC(=O)OC)C(C)C)Sc1cc(C(=O)Nc2cc(F)c(F)c(F)c2)ccc1Cl. The summed E-state index contributed by atoms with van der Waals surface area (Å²) in [6.45, 7) is 7.96. The van der Waals surface area contributed by atoms with Crippen LogP contribution in [0.25, 0.3) is 0 Å². The number of anilines is 1. The molecular formula is C27H33ClF3N3O4S. The van der Waals surface area contributed by atoms with Gasteiger partial charge in [0.2, 0.25) is 5.91 Å². The predicted molar refractivity (Wildman–Crippen MR) is 147 cm³/mol. The molecule has 0 fully saturated rings. The Morgan fingerprint density at radius 1 is 1.05 bits per heavy atom. The van der Waals surface area contributed by atoms with E-state index in [2.05, 4.69) is 20.7 Å². The van der Waals surface area contributed by atoms with Crippen molar-refractivity contribution in [2.45, 2.75) is 56.7 Å². The first kappa shape index (κ1) is 32.3. The van der Waals surface area contributed by atoms with Crippen molar-refractivity contribution in [2.75, 3.05) is 19.0 Å². The number of carbonyl (C=O) groups is 3. The standard InChI is InChI=1S/C27H33ClF3N3O4S/c1-6-7-15(4)22(13-32-26(36)24(14(2)3)34-27(37)38-5)39-21-10-16(8-9-18(21)28)25(35)33-17-11-19(29)23(31)20(30)12-17/h8-12,14-15,22,24H,6-7,13H2,1-5H3,(H,32,36)(H,33,35)(H,34,37). The van der Waals surface area contributed by atoms with E-state index in [1.807, 2.05) is 13.8 Å². The molecule has 7 nitrogen and oxygen atoms in total. The molecule has 0 aliphatic rings. The van der Waals surface area contributed by atoms with Crippen LogP contribution in [0.4, 0.5) is 23.7 Å². The summed E-state index contributed by atoms with van der Waals surface area (Å²) in [6, 6.07) is 5.11. The fourth-order valence-corrected chi connectivity index (χ4v) is 5.25. The monoisotopic (exact) mass is 587 g/mol. The molecule has 3 amide bonds. The van der Waals surface area contributed by atoms with Gasteiger partial charge in [-0.05, 0) is 36.5 Å². The highest BCUT2D eigenvalue weighted by molar-refractivity contribution is 8.00. The van der Waals surface area contributed by atoms with Crippen LogP contribution in [0.3, 0.4) is 0 Å². The Balaban J connectivity index is 2.21. The number of hydrogen-bond donors (Lipinski definition) is 3. The van der Waals surface area contributed by atoms with Gasteiger partial charge in [0.1, 0.15) is 6.04 Å². The second-order valence-corrected chi connectivity index (χ2v) is 11.1. The fourth-order valence-electron chi connectivity index (χ4n) is 3.76. The first-order valence-electron chi connectivity index (χ1n) is 12.4. The van der Waals surface area contributed by atoms with Gasteiger partial charge in [0.25, 0.3) is 5.91 Å². The van der Waals surface area contributed by atoms with E-state index < -0.39 is 35.5 Å². The van der Waals surface area contributed by atoms with Crippen LogP contribution in [0, 0.1) is 29.3 Å². The van der Waals surface area contributed by atoms with Crippen LogP contribution in [0.1, 0.15) is 50.9 Å². The zero-order valence-electron chi connectivity index (χ0n) is 22.4. The van der Waals surface area contributed by atoms with Gasteiger partial charge in [0, 0.05) is 40.1 Å². The third kappa shape index (κ3) is 9.35. The normalized spacial score (nSPS) is 13.4. The molecule has 0 bridgehead atoms. The van der Waals surface area contributed by atoms with Gasteiger partial charge in [-0.15, -0.1) is 11.8 Å². The van der Waals surface area contributed by atoms with Gasteiger partial charge in [-0.3, -0.25) is 9.59 Å². The maximum absolute atomic E-state index is 13.6. The maximum Gasteiger partial charge on any atom is 0.407 e. The number of benzene rings is 2. The van der Waals surface area contributed by atoms with Crippen molar-refractivity contribution in [1.82, 2.24) is 10.6 Å². The maximum atomic E-state index is 13.6. The number of alkyl carbamates (subject to hydrolysis) is 1. The van der Waals surface area contributed by atoms with E-state index in [1.165, 1.54) is 31.0 Å². The molecule has 214 valence electrons. The summed E-state index contributed by atoms with van der Waals surface area (Å²) in [7, 11) is 1.22. The molecule has 0 spiro atoms. The molecule has 0 heterocycles. The molecule has 3 unspecified atom stereocenters. The quantitative estimate of drug-likeness (QED) is 0.197. The highest BCUT2D eigenvalue weighted by Crippen LogP contribution is 2.35. The first-order valence-corrected chi connectivity index (χ1v) is 13.7. The van der Waals surface area contributed by atoms with Gasteiger partial charge in [0.15, 0.2) is 17.5 Å². The molecule has 3 atom stereocenters. The largest absolute Gasteiger partial charge is 0.453 e. The van der Waals surface area contributed by atoms with Crippen molar-refractivity contribution in [3.05, 3.63) is 58.4 Å². The molecule has 39 heavy (non-hydrogen) atoms. The molecule has 0 saturated heterocycles. The molecular weight excluding hydrogens is 555 g/mol. The Hall–Kier alpha value is -2.92. The third-order valence-corrected chi connectivity index (χ3v) is 7.94. The number of hydrogen-bond acceptors (Lipinski definition) is 5. The molecule has 2 aromatic carbocycles. The van der Waals surface area contributed by atoms with Crippen LogP contribution in [-0.2, 0) is 9.53 Å². The smallest absolute Gasteiger partial charge is 0.407 e. The van der Waals surface area contributed by atoms with Gasteiger partial charge < -0.3 is 20.7 Å². The summed E-state index contributed by atoms with van der Waals surface area (Å²) in [5.74, 6) is -5.54. The first-order chi connectivity index (χ1) is 18.4. The van der Waals surface area contributed by atoms with Crippen LogP contribution in [0.2, 0.25) is 5.02 Å².